The van der Waals surface area contributed by atoms with Crippen LogP contribution in [-0.4, -0.2) is 34.9 Å². The first-order valence-corrected chi connectivity index (χ1v) is 8.02. The number of oxazole rings is 1. The maximum absolute atomic E-state index is 12.3. The van der Waals surface area contributed by atoms with Crippen LogP contribution in [0.25, 0.3) is 0 Å². The molecule has 2 saturated carbocycles. The summed E-state index contributed by atoms with van der Waals surface area (Å²) in [4.78, 5) is 16.4. The van der Waals surface area contributed by atoms with Gasteiger partial charge in [-0.3, -0.25) is 10.1 Å². The molecule has 2 aliphatic rings. The van der Waals surface area contributed by atoms with Crippen LogP contribution in [0.3, 0.4) is 0 Å². The number of carbonyl (C=O) groups is 1. The highest BCUT2D eigenvalue weighted by atomic mass is 32.2. The number of rotatable bonds is 5. The number of hydrogen-bond donors (Lipinski definition) is 1. The van der Waals surface area contributed by atoms with Gasteiger partial charge < -0.3 is 9.15 Å². The highest BCUT2D eigenvalue weighted by molar-refractivity contribution is 7.99. The summed E-state index contributed by atoms with van der Waals surface area (Å²) in [5, 5.41) is 4.55. The van der Waals surface area contributed by atoms with E-state index < -0.39 is 5.54 Å². The third-order valence-electron chi connectivity index (χ3n) is 4.02. The average molecular weight is 296 g/mol. The Kier molecular flexibility index (Phi) is 4.03. The summed E-state index contributed by atoms with van der Waals surface area (Å²) in [6.45, 7) is 0. The predicted molar refractivity (Wildman–Crippen MR) is 75.5 cm³/mol. The minimum Gasteiger partial charge on any atom is -0.468 e. The van der Waals surface area contributed by atoms with Crippen LogP contribution in [0.2, 0.25) is 0 Å². The molecule has 1 heterocycles. The molecule has 1 N–H and O–H groups in total. The molecule has 2 aliphatic carbocycles. The van der Waals surface area contributed by atoms with Crippen molar-refractivity contribution in [3.05, 3.63) is 12.5 Å². The summed E-state index contributed by atoms with van der Waals surface area (Å²) in [5.74, 6) is -0.123. The standard InChI is InChI=1S/C14H20N2O3S/c1-18-12(17)14(16-10-4-5-10)6-2-3-11(9-14)20-13-15-7-8-19-13/h7-8,10-11,16H,2-6,9H2,1H3. The minimum atomic E-state index is -0.515. The zero-order chi connectivity index (χ0) is 14.0. The van der Waals surface area contributed by atoms with Crippen molar-refractivity contribution >= 4 is 17.7 Å². The van der Waals surface area contributed by atoms with Crippen LogP contribution >= 0.6 is 11.8 Å². The number of methoxy groups -OCH3 is 1. The topological polar surface area (TPSA) is 64.4 Å². The SMILES string of the molecule is COC(=O)C1(NC2CC2)CCCC(Sc2ncco2)C1. The second-order valence-electron chi connectivity index (χ2n) is 5.63. The van der Waals surface area contributed by atoms with Crippen molar-refractivity contribution in [3.63, 3.8) is 0 Å². The maximum Gasteiger partial charge on any atom is 0.326 e. The molecule has 5 nitrogen and oxygen atoms in total. The molecule has 1 aromatic heterocycles. The van der Waals surface area contributed by atoms with Crippen molar-refractivity contribution < 1.29 is 13.9 Å². The van der Waals surface area contributed by atoms with E-state index >= 15 is 0 Å². The van der Waals surface area contributed by atoms with Crippen molar-refractivity contribution in [2.45, 2.75) is 60.6 Å². The number of carbonyl (C=O) groups excluding carboxylic acids is 1. The van der Waals surface area contributed by atoms with Crippen LogP contribution < -0.4 is 5.32 Å². The molecule has 2 atom stereocenters. The van der Waals surface area contributed by atoms with Gasteiger partial charge in [-0.2, -0.15) is 0 Å². The first-order chi connectivity index (χ1) is 9.72. The number of hydrogen-bond acceptors (Lipinski definition) is 6. The van der Waals surface area contributed by atoms with Gasteiger partial charge in [-0.1, -0.05) is 11.8 Å². The Morgan fingerprint density at radius 2 is 2.40 bits per heavy atom. The van der Waals surface area contributed by atoms with Crippen molar-refractivity contribution in [2.24, 2.45) is 0 Å². The second-order valence-corrected chi connectivity index (χ2v) is 6.88. The summed E-state index contributed by atoms with van der Waals surface area (Å²) < 4.78 is 10.4. The molecule has 0 saturated heterocycles. The van der Waals surface area contributed by atoms with Gasteiger partial charge >= 0.3 is 5.97 Å². The molecule has 0 amide bonds. The number of thioether (sulfide) groups is 1. The van der Waals surface area contributed by atoms with Crippen LogP contribution in [0.4, 0.5) is 0 Å². The molecule has 0 bridgehead atoms. The fraction of sp³-hybridized carbons (Fsp3) is 0.714. The van der Waals surface area contributed by atoms with E-state index in [-0.39, 0.29) is 5.97 Å². The zero-order valence-corrected chi connectivity index (χ0v) is 12.4. The fourth-order valence-electron chi connectivity index (χ4n) is 2.93. The Labute approximate surface area is 122 Å². The van der Waals surface area contributed by atoms with E-state index in [2.05, 4.69) is 10.3 Å². The van der Waals surface area contributed by atoms with Crippen LogP contribution in [0.5, 0.6) is 0 Å². The van der Waals surface area contributed by atoms with Crippen LogP contribution in [0.1, 0.15) is 38.5 Å². The molecule has 0 spiro atoms. The molecule has 20 heavy (non-hydrogen) atoms. The monoisotopic (exact) mass is 296 g/mol. The van der Waals surface area contributed by atoms with E-state index in [1.165, 1.54) is 7.11 Å². The molecule has 6 heteroatoms. The molecule has 0 aliphatic heterocycles. The number of nitrogens with one attached hydrogen (secondary N) is 1. The fourth-order valence-corrected chi connectivity index (χ4v) is 4.10. The largest absolute Gasteiger partial charge is 0.468 e. The van der Waals surface area contributed by atoms with E-state index in [4.69, 9.17) is 9.15 Å². The van der Waals surface area contributed by atoms with Gasteiger partial charge in [0.15, 0.2) is 0 Å². The summed E-state index contributed by atoms with van der Waals surface area (Å²) in [7, 11) is 1.48. The number of esters is 1. The molecular formula is C14H20N2O3S. The van der Waals surface area contributed by atoms with E-state index in [1.54, 1.807) is 24.2 Å². The molecule has 2 unspecified atom stereocenters. The highest BCUT2D eigenvalue weighted by Crippen LogP contribution is 2.40. The first-order valence-electron chi connectivity index (χ1n) is 7.14. The van der Waals surface area contributed by atoms with Crippen LogP contribution in [0.15, 0.2) is 22.1 Å². The van der Waals surface area contributed by atoms with E-state index in [0.717, 1.165) is 38.5 Å². The summed E-state index contributed by atoms with van der Waals surface area (Å²) in [5.41, 5.74) is -0.515. The Bertz CT molecular complexity index is 461. The molecule has 0 radical (unpaired) electrons. The number of aromatic nitrogens is 1. The number of nitrogens with zero attached hydrogens (tertiary/aromatic N) is 1. The van der Waals surface area contributed by atoms with E-state index in [0.29, 0.717) is 16.5 Å². The molecule has 1 aromatic rings. The summed E-state index contributed by atoms with van der Waals surface area (Å²) in [6, 6.07) is 0.486. The van der Waals surface area contributed by atoms with Gasteiger partial charge in [-0.15, -0.1) is 0 Å². The first kappa shape index (κ1) is 13.9. The van der Waals surface area contributed by atoms with Gasteiger partial charge in [0.25, 0.3) is 5.22 Å². The highest BCUT2D eigenvalue weighted by Gasteiger charge is 2.47. The smallest absolute Gasteiger partial charge is 0.326 e. The quantitative estimate of drug-likeness (QED) is 0.842. The molecular weight excluding hydrogens is 276 g/mol. The lowest BCUT2D eigenvalue weighted by molar-refractivity contribution is -0.150. The van der Waals surface area contributed by atoms with Gasteiger partial charge in [0.05, 0.1) is 13.3 Å². The van der Waals surface area contributed by atoms with Gasteiger partial charge in [-0.25, -0.2) is 4.98 Å². The molecule has 3 rings (SSSR count). The average Bonchev–Trinajstić information content (AvgIpc) is 3.11. The lowest BCUT2D eigenvalue weighted by Gasteiger charge is -2.38. The lowest BCUT2D eigenvalue weighted by Crippen LogP contribution is -2.56. The molecule has 0 aromatic carbocycles. The Morgan fingerprint density at radius 1 is 1.55 bits per heavy atom. The van der Waals surface area contributed by atoms with Crippen LogP contribution in [-0.2, 0) is 9.53 Å². The minimum absolute atomic E-state index is 0.123. The summed E-state index contributed by atoms with van der Waals surface area (Å²) in [6.07, 6.45) is 9.31. The Morgan fingerprint density at radius 3 is 3.05 bits per heavy atom. The Balaban J connectivity index is 1.70. The molecule has 110 valence electrons. The summed E-state index contributed by atoms with van der Waals surface area (Å²) >= 11 is 1.62. The van der Waals surface area contributed by atoms with Crippen molar-refractivity contribution in [2.75, 3.05) is 7.11 Å². The maximum atomic E-state index is 12.3. The van der Waals surface area contributed by atoms with E-state index in [9.17, 15) is 4.79 Å². The van der Waals surface area contributed by atoms with Crippen molar-refractivity contribution in [1.29, 1.82) is 0 Å². The lowest BCUT2D eigenvalue weighted by atomic mass is 9.81. The van der Waals surface area contributed by atoms with Crippen molar-refractivity contribution in [3.8, 4) is 0 Å². The zero-order valence-electron chi connectivity index (χ0n) is 11.6. The third kappa shape index (κ3) is 3.01. The van der Waals surface area contributed by atoms with Gasteiger partial charge in [0.1, 0.15) is 11.8 Å². The second kappa shape index (κ2) is 5.77. The van der Waals surface area contributed by atoms with Crippen LogP contribution in [0, 0.1) is 0 Å². The normalized spacial score (nSPS) is 30.1. The molecule has 2 fully saturated rings. The van der Waals surface area contributed by atoms with Gasteiger partial charge in [0.2, 0.25) is 0 Å². The number of ether oxygens (including phenoxy) is 1. The Hall–Kier alpha value is -1.01. The van der Waals surface area contributed by atoms with E-state index in [1.807, 2.05) is 0 Å². The third-order valence-corrected chi connectivity index (χ3v) is 5.16. The van der Waals surface area contributed by atoms with Crippen molar-refractivity contribution in [1.82, 2.24) is 10.3 Å². The van der Waals surface area contributed by atoms with Gasteiger partial charge in [0, 0.05) is 11.3 Å². The van der Waals surface area contributed by atoms with Gasteiger partial charge in [-0.05, 0) is 38.5 Å². The predicted octanol–water partition coefficient (Wildman–Crippen LogP) is 2.37.